The van der Waals surface area contributed by atoms with E-state index in [2.05, 4.69) is 43.5 Å². The molecule has 2 rings (SSSR count). The van der Waals surface area contributed by atoms with E-state index in [-0.39, 0.29) is 0 Å². The zero-order valence-electron chi connectivity index (χ0n) is 6.17. The highest BCUT2D eigenvalue weighted by Gasteiger charge is 2.12. The quantitative estimate of drug-likeness (QED) is 0.619. The summed E-state index contributed by atoms with van der Waals surface area (Å²) in [6, 6.07) is 3.79. The summed E-state index contributed by atoms with van der Waals surface area (Å²) in [5, 5.41) is 2.18. The van der Waals surface area contributed by atoms with Crippen molar-refractivity contribution in [2.45, 2.75) is 0 Å². The van der Waals surface area contributed by atoms with Gasteiger partial charge in [0.05, 0.1) is 15.6 Å². The Balaban J connectivity index is 3.00. The van der Waals surface area contributed by atoms with Crippen molar-refractivity contribution in [2.75, 3.05) is 0 Å². The Morgan fingerprint density at radius 2 is 2.00 bits per heavy atom. The maximum absolute atomic E-state index is 6.05. The van der Waals surface area contributed by atoms with Gasteiger partial charge in [0, 0.05) is 8.96 Å². The predicted octanol–water partition coefficient (Wildman–Crippen LogP) is 4.84. The molecular formula is C8H3BrCl2IN. The van der Waals surface area contributed by atoms with Crippen molar-refractivity contribution < 1.29 is 0 Å². The Morgan fingerprint density at radius 1 is 1.31 bits per heavy atom. The molecule has 0 saturated carbocycles. The van der Waals surface area contributed by atoms with Gasteiger partial charge in [-0.15, -0.1) is 0 Å². The van der Waals surface area contributed by atoms with Gasteiger partial charge in [-0.25, -0.2) is 0 Å². The van der Waals surface area contributed by atoms with Gasteiger partial charge in [0.1, 0.15) is 4.60 Å². The number of nitrogens with one attached hydrogen (secondary N) is 1. The summed E-state index contributed by atoms with van der Waals surface area (Å²) in [5.41, 5.74) is 0.977. The van der Waals surface area contributed by atoms with E-state index >= 15 is 0 Å². The van der Waals surface area contributed by atoms with E-state index in [1.165, 1.54) is 0 Å². The second kappa shape index (κ2) is 3.61. The molecule has 1 aromatic carbocycles. The second-order valence-electron chi connectivity index (χ2n) is 2.53. The molecule has 0 aliphatic rings. The molecule has 68 valence electrons. The van der Waals surface area contributed by atoms with Crippen LogP contribution in [0, 0.1) is 3.57 Å². The lowest BCUT2D eigenvalue weighted by Gasteiger charge is -1.96. The van der Waals surface area contributed by atoms with Crippen molar-refractivity contribution in [2.24, 2.45) is 0 Å². The number of halogens is 4. The van der Waals surface area contributed by atoms with Crippen LogP contribution in [0.4, 0.5) is 0 Å². The molecule has 0 atom stereocenters. The number of benzene rings is 1. The van der Waals surface area contributed by atoms with Crippen LogP contribution in [0.1, 0.15) is 0 Å². The second-order valence-corrected chi connectivity index (χ2v) is 5.27. The molecule has 1 aromatic heterocycles. The first kappa shape index (κ1) is 10.1. The van der Waals surface area contributed by atoms with Crippen LogP contribution in [0.2, 0.25) is 10.0 Å². The monoisotopic (exact) mass is 389 g/mol. The number of hydrogen-bond donors (Lipinski definition) is 1. The number of H-pyrrole nitrogens is 1. The summed E-state index contributed by atoms with van der Waals surface area (Å²) >= 11 is 17.6. The van der Waals surface area contributed by atoms with Crippen LogP contribution in [0.25, 0.3) is 10.9 Å². The Hall–Kier alpha value is 0.550. The van der Waals surface area contributed by atoms with Gasteiger partial charge in [-0.1, -0.05) is 23.2 Å². The third-order valence-corrected chi connectivity index (χ3v) is 4.17. The van der Waals surface area contributed by atoms with Gasteiger partial charge in [0.2, 0.25) is 0 Å². The van der Waals surface area contributed by atoms with Crippen molar-refractivity contribution in [3.63, 3.8) is 0 Å². The average Bonchev–Trinajstić information content (AvgIpc) is 2.38. The SMILES string of the molecule is Clc1ccc(I)c2[nH]c(Br)c(Cl)c12. The first-order valence-corrected chi connectivity index (χ1v) is 6.04. The van der Waals surface area contributed by atoms with Crippen LogP contribution in [0.15, 0.2) is 16.7 Å². The summed E-state index contributed by atoms with van der Waals surface area (Å²) in [7, 11) is 0. The molecule has 0 fully saturated rings. The van der Waals surface area contributed by atoms with Crippen LogP contribution in [0.3, 0.4) is 0 Å². The number of hydrogen-bond acceptors (Lipinski definition) is 0. The zero-order valence-corrected chi connectivity index (χ0v) is 11.4. The van der Waals surface area contributed by atoms with E-state index in [0.29, 0.717) is 10.0 Å². The molecule has 0 unspecified atom stereocenters. The van der Waals surface area contributed by atoms with E-state index in [0.717, 1.165) is 19.1 Å². The van der Waals surface area contributed by atoms with Crippen LogP contribution >= 0.6 is 61.7 Å². The Morgan fingerprint density at radius 3 is 2.62 bits per heavy atom. The summed E-state index contributed by atoms with van der Waals surface area (Å²) in [6.07, 6.45) is 0. The fraction of sp³-hybridized carbons (Fsp3) is 0. The summed E-state index contributed by atoms with van der Waals surface area (Å²) in [4.78, 5) is 3.13. The highest BCUT2D eigenvalue weighted by molar-refractivity contribution is 14.1. The maximum Gasteiger partial charge on any atom is 0.102 e. The first-order chi connectivity index (χ1) is 6.11. The summed E-state index contributed by atoms with van der Waals surface area (Å²) in [5.74, 6) is 0. The van der Waals surface area contributed by atoms with Gasteiger partial charge in [-0.05, 0) is 50.7 Å². The molecule has 0 aliphatic heterocycles. The standard InChI is InChI=1S/C8H3BrCl2IN/c9-8-6(11)5-3(10)1-2-4(12)7(5)13-8/h1-2,13H. The average molecular weight is 391 g/mol. The molecule has 5 heteroatoms. The van der Waals surface area contributed by atoms with Gasteiger partial charge < -0.3 is 4.98 Å². The molecule has 2 aromatic rings. The summed E-state index contributed by atoms with van der Waals surface area (Å²) < 4.78 is 1.87. The van der Waals surface area contributed by atoms with Crippen LogP contribution < -0.4 is 0 Å². The Labute approximate surface area is 107 Å². The highest BCUT2D eigenvalue weighted by atomic mass is 127. The minimum absolute atomic E-state index is 0.638. The number of aromatic amines is 1. The Kier molecular flexibility index (Phi) is 2.80. The minimum Gasteiger partial charge on any atom is -0.347 e. The van der Waals surface area contributed by atoms with Gasteiger partial charge in [0.25, 0.3) is 0 Å². The van der Waals surface area contributed by atoms with Crippen LogP contribution in [-0.4, -0.2) is 4.98 Å². The molecule has 0 amide bonds. The fourth-order valence-corrected chi connectivity index (χ4v) is 2.69. The molecular weight excluding hydrogens is 388 g/mol. The van der Waals surface area contributed by atoms with Gasteiger partial charge in [-0.2, -0.15) is 0 Å². The van der Waals surface area contributed by atoms with E-state index < -0.39 is 0 Å². The first-order valence-electron chi connectivity index (χ1n) is 3.42. The van der Waals surface area contributed by atoms with E-state index in [9.17, 15) is 0 Å². The highest BCUT2D eigenvalue weighted by Crippen LogP contribution is 2.37. The fourth-order valence-electron chi connectivity index (χ4n) is 1.16. The molecule has 0 aliphatic carbocycles. The molecule has 0 radical (unpaired) electrons. The smallest absolute Gasteiger partial charge is 0.102 e. The molecule has 1 N–H and O–H groups in total. The van der Waals surface area contributed by atoms with Gasteiger partial charge in [-0.3, -0.25) is 0 Å². The van der Waals surface area contributed by atoms with Crippen molar-refractivity contribution >= 4 is 72.6 Å². The van der Waals surface area contributed by atoms with Crippen molar-refractivity contribution in [3.05, 3.63) is 30.4 Å². The third-order valence-electron chi connectivity index (χ3n) is 1.75. The lowest BCUT2D eigenvalue weighted by atomic mass is 10.2. The van der Waals surface area contributed by atoms with Crippen LogP contribution in [0.5, 0.6) is 0 Å². The van der Waals surface area contributed by atoms with Crippen molar-refractivity contribution in [1.29, 1.82) is 0 Å². The van der Waals surface area contributed by atoms with E-state index in [1.807, 2.05) is 12.1 Å². The lowest BCUT2D eigenvalue weighted by molar-refractivity contribution is 1.40. The zero-order chi connectivity index (χ0) is 9.59. The van der Waals surface area contributed by atoms with Crippen LogP contribution in [-0.2, 0) is 0 Å². The predicted molar refractivity (Wildman–Crippen MR) is 68.7 cm³/mol. The van der Waals surface area contributed by atoms with Gasteiger partial charge >= 0.3 is 0 Å². The third kappa shape index (κ3) is 1.60. The number of fused-ring (bicyclic) bond motifs is 1. The largest absolute Gasteiger partial charge is 0.347 e. The molecule has 0 bridgehead atoms. The van der Waals surface area contributed by atoms with E-state index in [4.69, 9.17) is 23.2 Å². The number of aromatic nitrogens is 1. The summed E-state index contributed by atoms with van der Waals surface area (Å²) in [6.45, 7) is 0. The van der Waals surface area contributed by atoms with E-state index in [1.54, 1.807) is 0 Å². The molecule has 13 heavy (non-hydrogen) atoms. The Bertz CT molecular complexity index is 480. The maximum atomic E-state index is 6.05. The molecule has 0 saturated heterocycles. The molecule has 0 spiro atoms. The lowest BCUT2D eigenvalue weighted by Crippen LogP contribution is -1.75. The normalized spacial score (nSPS) is 11.1. The molecule has 1 nitrogen and oxygen atoms in total. The van der Waals surface area contributed by atoms with Crippen molar-refractivity contribution in [3.8, 4) is 0 Å². The minimum atomic E-state index is 0.638. The molecule has 1 heterocycles. The van der Waals surface area contributed by atoms with Crippen molar-refractivity contribution in [1.82, 2.24) is 4.98 Å². The number of rotatable bonds is 0. The topological polar surface area (TPSA) is 15.8 Å². The van der Waals surface area contributed by atoms with Gasteiger partial charge in [0.15, 0.2) is 0 Å².